The van der Waals surface area contributed by atoms with Crippen molar-refractivity contribution >= 4 is 17.1 Å². The predicted molar refractivity (Wildman–Crippen MR) is 67.2 cm³/mol. The first kappa shape index (κ1) is 12.6. The lowest BCUT2D eigenvalue weighted by Crippen LogP contribution is -2.47. The van der Waals surface area contributed by atoms with Crippen LogP contribution < -0.4 is 0 Å². The molecule has 0 bridgehead atoms. The van der Waals surface area contributed by atoms with Gasteiger partial charge in [0.2, 0.25) is 5.89 Å². The molecule has 1 aromatic heterocycles. The summed E-state index contributed by atoms with van der Waals surface area (Å²) in [7, 11) is 1.74. The number of para-hydroxylation sites is 2. The van der Waals surface area contributed by atoms with Crippen molar-refractivity contribution in [2.24, 2.45) is 0 Å². The molecule has 2 rings (SSSR count). The lowest BCUT2D eigenvalue weighted by molar-refractivity contribution is -0.148. The molecule has 2 aromatic rings. The van der Waals surface area contributed by atoms with Gasteiger partial charge in [-0.05, 0) is 33.0 Å². The second kappa shape index (κ2) is 4.42. The van der Waals surface area contributed by atoms with Gasteiger partial charge in [0, 0.05) is 0 Å². The van der Waals surface area contributed by atoms with Gasteiger partial charge in [-0.1, -0.05) is 12.1 Å². The number of aliphatic carboxylic acids is 1. The number of aromatic nitrogens is 1. The van der Waals surface area contributed by atoms with Crippen LogP contribution in [0.5, 0.6) is 0 Å². The smallest absolute Gasteiger partial charge is 0.323 e. The third kappa shape index (κ3) is 2.22. The molecule has 0 aliphatic heterocycles. The number of carboxylic acid groups (broad SMARTS) is 1. The van der Waals surface area contributed by atoms with E-state index in [0.717, 1.165) is 5.52 Å². The molecule has 0 saturated heterocycles. The van der Waals surface area contributed by atoms with Crippen LogP contribution in [-0.4, -0.2) is 33.5 Å². The molecule has 0 spiro atoms. The van der Waals surface area contributed by atoms with Gasteiger partial charge in [0.25, 0.3) is 0 Å². The third-order valence-electron chi connectivity index (χ3n) is 3.19. The number of fused-ring (bicyclic) bond motifs is 1. The largest absolute Gasteiger partial charge is 0.480 e. The number of nitrogens with zero attached hydrogens (tertiary/aromatic N) is 2. The van der Waals surface area contributed by atoms with E-state index in [0.29, 0.717) is 18.0 Å². The van der Waals surface area contributed by atoms with Crippen LogP contribution in [0, 0.1) is 0 Å². The van der Waals surface area contributed by atoms with E-state index in [-0.39, 0.29) is 0 Å². The number of rotatable bonds is 4. The van der Waals surface area contributed by atoms with Crippen molar-refractivity contribution < 1.29 is 14.3 Å². The highest BCUT2D eigenvalue weighted by Gasteiger charge is 2.32. The summed E-state index contributed by atoms with van der Waals surface area (Å²) in [4.78, 5) is 17.2. The van der Waals surface area contributed by atoms with E-state index in [1.165, 1.54) is 0 Å². The van der Waals surface area contributed by atoms with Gasteiger partial charge < -0.3 is 9.52 Å². The highest BCUT2D eigenvalue weighted by atomic mass is 16.4. The van der Waals surface area contributed by atoms with E-state index in [9.17, 15) is 4.79 Å². The molecule has 0 unspecified atom stereocenters. The number of benzene rings is 1. The summed E-state index contributed by atoms with van der Waals surface area (Å²) in [5.74, 6) is -0.353. The van der Waals surface area contributed by atoms with E-state index >= 15 is 0 Å². The first-order valence-corrected chi connectivity index (χ1v) is 5.70. The molecule has 0 fully saturated rings. The number of hydrogen-bond donors (Lipinski definition) is 1. The van der Waals surface area contributed by atoms with Gasteiger partial charge in [-0.2, -0.15) is 0 Å². The molecule has 5 heteroatoms. The summed E-state index contributed by atoms with van der Waals surface area (Å²) in [5, 5.41) is 9.14. The molecule has 5 nitrogen and oxygen atoms in total. The van der Waals surface area contributed by atoms with Gasteiger partial charge in [-0.25, -0.2) is 4.98 Å². The number of hydrogen-bond acceptors (Lipinski definition) is 4. The van der Waals surface area contributed by atoms with Crippen LogP contribution in [0.1, 0.15) is 19.7 Å². The quantitative estimate of drug-likeness (QED) is 0.897. The number of likely N-dealkylation sites (N-methyl/N-ethyl adjacent to an activating group) is 1. The highest BCUT2D eigenvalue weighted by molar-refractivity contribution is 5.77. The van der Waals surface area contributed by atoms with E-state index in [1.54, 1.807) is 25.8 Å². The Morgan fingerprint density at radius 2 is 2.11 bits per heavy atom. The second-order valence-electron chi connectivity index (χ2n) is 4.80. The van der Waals surface area contributed by atoms with Gasteiger partial charge in [0.05, 0.1) is 6.54 Å². The monoisotopic (exact) mass is 248 g/mol. The van der Waals surface area contributed by atoms with Gasteiger partial charge in [0.15, 0.2) is 5.58 Å². The van der Waals surface area contributed by atoms with Crippen molar-refractivity contribution in [3.8, 4) is 0 Å². The fraction of sp³-hybridized carbons (Fsp3) is 0.385. The van der Waals surface area contributed by atoms with Gasteiger partial charge in [0.1, 0.15) is 11.1 Å². The zero-order valence-electron chi connectivity index (χ0n) is 10.7. The van der Waals surface area contributed by atoms with Crippen LogP contribution >= 0.6 is 0 Å². The zero-order chi connectivity index (χ0) is 13.3. The van der Waals surface area contributed by atoms with Crippen molar-refractivity contribution in [1.29, 1.82) is 0 Å². The van der Waals surface area contributed by atoms with Crippen LogP contribution in [0.2, 0.25) is 0 Å². The van der Waals surface area contributed by atoms with Crippen molar-refractivity contribution in [3.63, 3.8) is 0 Å². The molecule has 0 aliphatic rings. The SMILES string of the molecule is CN(Cc1nc2ccccc2o1)C(C)(C)C(=O)O. The van der Waals surface area contributed by atoms with Gasteiger partial charge in [-0.3, -0.25) is 9.69 Å². The van der Waals surface area contributed by atoms with Gasteiger partial charge >= 0.3 is 5.97 Å². The Kier molecular flexibility index (Phi) is 3.09. The highest BCUT2D eigenvalue weighted by Crippen LogP contribution is 2.19. The normalized spacial score (nSPS) is 12.2. The lowest BCUT2D eigenvalue weighted by atomic mass is 10.0. The molecule has 0 aliphatic carbocycles. The number of carbonyl (C=O) groups is 1. The fourth-order valence-electron chi connectivity index (χ4n) is 1.55. The van der Waals surface area contributed by atoms with Crippen molar-refractivity contribution in [3.05, 3.63) is 30.2 Å². The fourth-order valence-corrected chi connectivity index (χ4v) is 1.55. The standard InChI is InChI=1S/C13H16N2O3/c1-13(2,12(16)17)15(3)8-11-14-9-6-4-5-7-10(9)18-11/h4-7H,8H2,1-3H3,(H,16,17). The first-order chi connectivity index (χ1) is 8.41. The van der Waals surface area contributed by atoms with E-state index < -0.39 is 11.5 Å². The molecular weight excluding hydrogens is 232 g/mol. The second-order valence-corrected chi connectivity index (χ2v) is 4.80. The minimum absolute atomic E-state index is 0.355. The van der Waals surface area contributed by atoms with E-state index in [2.05, 4.69) is 4.98 Å². The van der Waals surface area contributed by atoms with E-state index in [4.69, 9.17) is 9.52 Å². The summed E-state index contributed by atoms with van der Waals surface area (Å²) in [5.41, 5.74) is 0.545. The molecule has 1 heterocycles. The minimum Gasteiger partial charge on any atom is -0.480 e. The van der Waals surface area contributed by atoms with Crippen molar-refractivity contribution in [1.82, 2.24) is 9.88 Å². The zero-order valence-corrected chi connectivity index (χ0v) is 10.7. The summed E-state index contributed by atoms with van der Waals surface area (Å²) in [6.45, 7) is 3.66. The average molecular weight is 248 g/mol. The van der Waals surface area contributed by atoms with Crippen LogP contribution in [0.4, 0.5) is 0 Å². The lowest BCUT2D eigenvalue weighted by Gasteiger charge is -2.30. The number of carboxylic acids is 1. The maximum atomic E-state index is 11.1. The summed E-state index contributed by atoms with van der Waals surface area (Å²) in [6, 6.07) is 7.47. The van der Waals surface area contributed by atoms with E-state index in [1.807, 2.05) is 24.3 Å². The Labute approximate surface area is 105 Å². The maximum absolute atomic E-state index is 11.1. The predicted octanol–water partition coefficient (Wildman–Crippen LogP) is 2.12. The van der Waals surface area contributed by atoms with Crippen LogP contribution in [0.15, 0.2) is 28.7 Å². The third-order valence-corrected chi connectivity index (χ3v) is 3.19. The minimum atomic E-state index is -0.958. The maximum Gasteiger partial charge on any atom is 0.323 e. The van der Waals surface area contributed by atoms with Crippen molar-refractivity contribution in [2.75, 3.05) is 7.05 Å². The Bertz CT molecular complexity index is 541. The summed E-state index contributed by atoms with van der Waals surface area (Å²) in [6.07, 6.45) is 0. The molecule has 0 amide bonds. The summed E-state index contributed by atoms with van der Waals surface area (Å²) < 4.78 is 5.57. The molecular formula is C13H16N2O3. The summed E-state index contributed by atoms with van der Waals surface area (Å²) >= 11 is 0. The van der Waals surface area contributed by atoms with Gasteiger partial charge in [-0.15, -0.1) is 0 Å². The first-order valence-electron chi connectivity index (χ1n) is 5.70. The van der Waals surface area contributed by atoms with Crippen molar-refractivity contribution in [2.45, 2.75) is 25.9 Å². The molecule has 96 valence electrons. The molecule has 1 aromatic carbocycles. The Balaban J connectivity index is 2.21. The number of oxazole rings is 1. The Hall–Kier alpha value is -1.88. The van der Waals surface area contributed by atoms with Crippen LogP contribution in [-0.2, 0) is 11.3 Å². The topological polar surface area (TPSA) is 66.6 Å². The Morgan fingerprint density at radius 3 is 2.72 bits per heavy atom. The molecule has 0 saturated carbocycles. The molecule has 18 heavy (non-hydrogen) atoms. The molecule has 0 atom stereocenters. The van der Waals surface area contributed by atoms with Crippen LogP contribution in [0.3, 0.4) is 0 Å². The average Bonchev–Trinajstić information content (AvgIpc) is 2.70. The molecule has 0 radical (unpaired) electrons. The molecule has 1 N–H and O–H groups in total. The Morgan fingerprint density at radius 1 is 1.44 bits per heavy atom. The van der Waals surface area contributed by atoms with Crippen LogP contribution in [0.25, 0.3) is 11.1 Å².